The van der Waals surface area contributed by atoms with Gasteiger partial charge in [-0.15, -0.1) is 0 Å². The molecule has 0 aliphatic carbocycles. The van der Waals surface area contributed by atoms with Gasteiger partial charge in [-0.2, -0.15) is 75.8 Å². The number of hydrogen-bond donors (Lipinski definition) is 20. The molecule has 0 amide bonds. The highest BCUT2D eigenvalue weighted by Crippen LogP contribution is 2.19. The molecule has 0 aromatic heterocycles. The number of carboxylic acid groups (broad SMARTS) is 6. The predicted molar refractivity (Wildman–Crippen MR) is 273 cm³/mol. The zero-order valence-corrected chi connectivity index (χ0v) is 45.7. The second kappa shape index (κ2) is 40.3. The summed E-state index contributed by atoms with van der Waals surface area (Å²) in [6.07, 6.45) is 0.644. The second-order valence-electron chi connectivity index (χ2n) is 18.6. The molecule has 0 aromatic rings. The van der Waals surface area contributed by atoms with Gasteiger partial charge in [-0.3, -0.25) is 28.8 Å². The van der Waals surface area contributed by atoms with Crippen LogP contribution >= 0.6 is 75.8 Å². The van der Waals surface area contributed by atoms with E-state index in [1.54, 1.807) is 83.1 Å². The summed E-state index contributed by atoms with van der Waals surface area (Å²) in [5, 5.41) is 117. The van der Waals surface area contributed by atoms with Crippen molar-refractivity contribution in [2.24, 2.45) is 10.8 Å². The maximum absolute atomic E-state index is 9.97. The highest BCUT2D eigenvalue weighted by molar-refractivity contribution is 7.82. The number of hydrogen-bond acceptors (Lipinski definition) is 20. The van der Waals surface area contributed by atoms with Crippen LogP contribution in [0.4, 0.5) is 0 Å². The summed E-state index contributed by atoms with van der Waals surface area (Å²) >= 11 is 24.1. The third-order valence-electron chi connectivity index (χ3n) is 6.19. The molecule has 0 rings (SSSR count). The topological polar surface area (TPSA) is 386 Å². The molecule has 0 saturated heterocycles. The van der Waals surface area contributed by atoms with Gasteiger partial charge in [-0.1, -0.05) is 83.1 Å². The van der Waals surface area contributed by atoms with Gasteiger partial charge in [-0.05, 0) is 0 Å². The van der Waals surface area contributed by atoms with E-state index in [1.165, 1.54) is 0 Å². The Labute approximate surface area is 423 Å². The molecule has 26 heteroatoms. The van der Waals surface area contributed by atoms with E-state index in [4.69, 9.17) is 71.5 Å². The Morgan fingerprint density at radius 2 is 0.333 bits per heavy atom. The lowest BCUT2D eigenvalue weighted by Crippen LogP contribution is -2.37. The summed E-state index contributed by atoms with van der Waals surface area (Å²) < 4.78 is -2.30. The lowest BCUT2D eigenvalue weighted by molar-refractivity contribution is -0.138. The van der Waals surface area contributed by atoms with Crippen LogP contribution in [0.1, 0.15) is 122 Å². The van der Waals surface area contributed by atoms with Gasteiger partial charge in [0.25, 0.3) is 0 Å². The normalized spacial score (nSPS) is 11.5. The number of carbonyl (C=O) groups is 6. The molecule has 20 nitrogen and oxygen atoms in total. The molecule has 0 atom stereocenters. The Balaban J connectivity index is -0.0000000971. The average Bonchev–Trinajstić information content (AvgIpc) is 3.03. The first-order valence-corrected chi connectivity index (χ1v) is 22.2. The van der Waals surface area contributed by atoms with E-state index in [1.807, 2.05) is 0 Å². The van der Waals surface area contributed by atoms with Crippen molar-refractivity contribution >= 4 is 112 Å². The molecule has 0 unspecified atom stereocenters. The van der Waals surface area contributed by atoms with E-state index in [0.29, 0.717) is 0 Å². The molecule has 66 heavy (non-hydrogen) atoms. The van der Waals surface area contributed by atoms with Crippen LogP contribution in [0, 0.1) is 10.8 Å². The lowest BCUT2D eigenvalue weighted by atomic mass is 9.93. The zero-order valence-electron chi connectivity index (χ0n) is 40.3. The quantitative estimate of drug-likeness (QED) is 0.0779. The minimum atomic E-state index is -1.11. The van der Waals surface area contributed by atoms with Gasteiger partial charge in [0.2, 0.25) is 0 Å². The van der Waals surface area contributed by atoms with Crippen molar-refractivity contribution < 1.29 is 100 Å². The van der Waals surface area contributed by atoms with Crippen LogP contribution in [0.25, 0.3) is 0 Å². The molecule has 14 N–H and O–H groups in total. The molecule has 0 spiro atoms. The Hall–Kier alpha value is -1.40. The van der Waals surface area contributed by atoms with Crippen LogP contribution in [0.2, 0.25) is 0 Å². The summed E-state index contributed by atoms with van der Waals surface area (Å²) in [5.74, 6) is -4.81. The van der Waals surface area contributed by atoms with Crippen LogP contribution < -0.4 is 0 Å². The zero-order chi connectivity index (χ0) is 55.4. The highest BCUT2D eigenvalue weighted by atomic mass is 32.1. The van der Waals surface area contributed by atoms with Gasteiger partial charge in [0.1, 0.15) is 0 Å². The Morgan fingerprint density at radius 1 is 0.258 bits per heavy atom. The van der Waals surface area contributed by atoms with Crippen LogP contribution in [0.3, 0.4) is 0 Å². The fourth-order valence-electron chi connectivity index (χ4n) is 2.82. The van der Waals surface area contributed by atoms with E-state index >= 15 is 0 Å². The molecule has 400 valence electrons. The van der Waals surface area contributed by atoms with Crippen molar-refractivity contribution in [3.05, 3.63) is 0 Å². The van der Waals surface area contributed by atoms with E-state index in [2.05, 4.69) is 75.8 Å². The van der Waals surface area contributed by atoms with Gasteiger partial charge < -0.3 is 71.5 Å². The standard InChI is InChI=1S/2C5H12O4.6C5H10O2S/c2*6-1-5(2-7,3-8)4-9;6*1-5(2,8)3-4(6)7/h2*6-9H,1-4H2;6*8H,3H2,1-2H3,(H,6,7). The molecular formula is C40H84O20S6. The largest absolute Gasteiger partial charge is 0.481 e. The number of aliphatic carboxylic acids is 6. The first-order chi connectivity index (χ1) is 29.0. The maximum Gasteiger partial charge on any atom is 0.304 e. The average molecular weight is 1080 g/mol. The number of carboxylic acids is 6. The Kier molecular flexibility index (Phi) is 49.9. The summed E-state index contributed by atoms with van der Waals surface area (Å²) in [5.41, 5.74) is -2.22. The van der Waals surface area contributed by atoms with E-state index in [9.17, 15) is 28.8 Å². The summed E-state index contributed by atoms with van der Waals surface area (Å²) in [6.45, 7) is 18.0. The number of thiol groups is 6. The van der Waals surface area contributed by atoms with Gasteiger partial charge in [0.15, 0.2) is 0 Å². The van der Waals surface area contributed by atoms with Gasteiger partial charge in [0.05, 0.1) is 102 Å². The molecule has 0 aliphatic heterocycles. The van der Waals surface area contributed by atoms with Crippen molar-refractivity contribution in [3.8, 4) is 0 Å². The van der Waals surface area contributed by atoms with Gasteiger partial charge in [-0.25, -0.2) is 0 Å². The molecule has 0 aromatic carbocycles. The monoisotopic (exact) mass is 1080 g/mol. The number of aliphatic hydroxyl groups excluding tert-OH is 8. The van der Waals surface area contributed by atoms with Crippen molar-refractivity contribution in [1.29, 1.82) is 0 Å². The molecular weight excluding hydrogens is 993 g/mol. The van der Waals surface area contributed by atoms with Gasteiger partial charge in [0, 0.05) is 28.5 Å². The molecule has 0 saturated carbocycles. The summed E-state index contributed by atoms with van der Waals surface area (Å²) in [7, 11) is 0. The summed E-state index contributed by atoms with van der Waals surface area (Å²) in [6, 6.07) is 0. The molecule has 0 aliphatic rings. The third kappa shape index (κ3) is 85.9. The summed E-state index contributed by atoms with van der Waals surface area (Å²) in [4.78, 5) is 59.8. The van der Waals surface area contributed by atoms with Crippen LogP contribution in [-0.4, -0.2) is 189 Å². The number of aliphatic hydroxyl groups is 8. The minimum absolute atomic E-state index is 0.107. The van der Waals surface area contributed by atoms with Crippen LogP contribution in [0.15, 0.2) is 0 Å². The van der Waals surface area contributed by atoms with Crippen molar-refractivity contribution in [2.75, 3.05) is 52.9 Å². The highest BCUT2D eigenvalue weighted by Gasteiger charge is 2.27. The lowest BCUT2D eigenvalue weighted by Gasteiger charge is -2.23. The fraction of sp³-hybridized carbons (Fsp3) is 0.850. The fourth-order valence-corrected chi connectivity index (χ4v) is 3.63. The molecule has 0 bridgehead atoms. The SMILES string of the molecule is CC(C)(S)CC(=O)O.CC(C)(S)CC(=O)O.CC(C)(S)CC(=O)O.CC(C)(S)CC(=O)O.CC(C)(S)CC(=O)O.CC(C)(S)CC(=O)O.OCC(CO)(CO)CO.OCC(CO)(CO)CO. The number of rotatable bonds is 20. The molecule has 0 heterocycles. The van der Waals surface area contributed by atoms with Crippen molar-refractivity contribution in [1.82, 2.24) is 0 Å². The van der Waals surface area contributed by atoms with Crippen LogP contribution in [-0.2, 0) is 28.8 Å². The van der Waals surface area contributed by atoms with E-state index < -0.39 is 99.5 Å². The first kappa shape index (κ1) is 81.6. The first-order valence-electron chi connectivity index (χ1n) is 19.5. The van der Waals surface area contributed by atoms with Crippen LogP contribution in [0.5, 0.6) is 0 Å². The molecule has 0 fully saturated rings. The maximum atomic E-state index is 9.97. The van der Waals surface area contributed by atoms with E-state index in [0.717, 1.165) is 0 Å². The smallest absolute Gasteiger partial charge is 0.304 e. The Morgan fingerprint density at radius 3 is 0.333 bits per heavy atom. The van der Waals surface area contributed by atoms with Gasteiger partial charge >= 0.3 is 35.8 Å². The third-order valence-corrected chi connectivity index (χ3v) is 7.13. The second-order valence-corrected chi connectivity index (χ2v) is 25.8. The van der Waals surface area contributed by atoms with Crippen molar-refractivity contribution in [2.45, 2.75) is 150 Å². The molecule has 0 radical (unpaired) electrons. The Bertz CT molecular complexity index is 1030. The van der Waals surface area contributed by atoms with Crippen molar-refractivity contribution in [3.63, 3.8) is 0 Å². The van der Waals surface area contributed by atoms with E-state index in [-0.39, 0.29) is 67.0 Å². The predicted octanol–water partition coefficient (Wildman–Crippen LogP) is 2.90. The minimum Gasteiger partial charge on any atom is -0.481 e.